The lowest BCUT2D eigenvalue weighted by Crippen LogP contribution is -1.97. The molecule has 0 aliphatic rings. The Morgan fingerprint density at radius 2 is 1.40 bits per heavy atom. The Morgan fingerprint density at radius 3 is 1.80 bits per heavy atom. The van der Waals surface area contributed by atoms with E-state index in [-0.39, 0.29) is 24.6 Å². The summed E-state index contributed by atoms with van der Waals surface area (Å²) in [6, 6.07) is 8.26. The number of hydrogen-bond donors (Lipinski definition) is 3. The maximum absolute atomic E-state index is 10.4. The van der Waals surface area contributed by atoms with Crippen LogP contribution in [0.1, 0.15) is 11.1 Å². The minimum Gasteiger partial charge on any atom is -0.398 e. The molecule has 134 valence electrons. The maximum Gasteiger partial charge on any atom is 0.269 e. The summed E-state index contributed by atoms with van der Waals surface area (Å²) < 4.78 is 4.84. The highest BCUT2D eigenvalue weighted by Crippen LogP contribution is 2.20. The summed E-state index contributed by atoms with van der Waals surface area (Å²) in [5.74, 6) is 0. The Bertz CT molecular complexity index is 766. The van der Waals surface area contributed by atoms with Gasteiger partial charge in [0.25, 0.3) is 11.4 Å². The number of methoxy groups -OCH3 is 1. The van der Waals surface area contributed by atoms with Gasteiger partial charge in [-0.2, -0.15) is 0 Å². The lowest BCUT2D eigenvalue weighted by Gasteiger charge is -2.03. The van der Waals surface area contributed by atoms with Crippen molar-refractivity contribution in [2.24, 2.45) is 0 Å². The van der Waals surface area contributed by atoms with Gasteiger partial charge in [0, 0.05) is 53.9 Å². The van der Waals surface area contributed by atoms with Gasteiger partial charge in [-0.1, -0.05) is 0 Å². The molecule has 0 amide bonds. The van der Waals surface area contributed by atoms with Crippen molar-refractivity contribution in [3.05, 3.63) is 67.8 Å². The molecular formula is C15H18N4O6. The third kappa shape index (κ3) is 5.71. The number of benzene rings is 2. The van der Waals surface area contributed by atoms with Crippen LogP contribution >= 0.6 is 0 Å². The fourth-order valence-corrected chi connectivity index (χ4v) is 1.83. The number of nitrogens with two attached hydrogens (primary N) is 2. The van der Waals surface area contributed by atoms with E-state index in [9.17, 15) is 20.2 Å². The van der Waals surface area contributed by atoms with E-state index in [1.807, 2.05) is 0 Å². The Labute approximate surface area is 142 Å². The summed E-state index contributed by atoms with van der Waals surface area (Å²) in [6.45, 7) is 0.00102. The lowest BCUT2D eigenvalue weighted by molar-refractivity contribution is -0.385. The maximum atomic E-state index is 10.4. The number of aliphatic hydroxyl groups excluding tert-OH is 1. The molecule has 10 nitrogen and oxygen atoms in total. The number of nitro benzene ring substituents is 2. The molecule has 25 heavy (non-hydrogen) atoms. The van der Waals surface area contributed by atoms with Crippen LogP contribution in [0.5, 0.6) is 0 Å². The van der Waals surface area contributed by atoms with Gasteiger partial charge in [-0.25, -0.2) is 0 Å². The minimum absolute atomic E-state index is 0.0289. The van der Waals surface area contributed by atoms with E-state index < -0.39 is 9.85 Å². The Hall–Kier alpha value is -3.24. The fraction of sp³-hybridized carbons (Fsp3) is 0.200. The molecule has 0 aromatic heterocycles. The van der Waals surface area contributed by atoms with Crippen molar-refractivity contribution in [1.82, 2.24) is 0 Å². The molecule has 2 aromatic carbocycles. The normalized spacial score (nSPS) is 9.84. The van der Waals surface area contributed by atoms with Crippen molar-refractivity contribution < 1.29 is 19.7 Å². The first-order valence-electron chi connectivity index (χ1n) is 6.95. The lowest BCUT2D eigenvalue weighted by atomic mass is 10.2. The van der Waals surface area contributed by atoms with E-state index in [4.69, 9.17) is 21.3 Å². The molecule has 0 saturated carbocycles. The van der Waals surface area contributed by atoms with E-state index in [1.165, 1.54) is 43.5 Å². The Morgan fingerprint density at radius 1 is 0.960 bits per heavy atom. The van der Waals surface area contributed by atoms with Gasteiger partial charge in [0.15, 0.2) is 0 Å². The highest BCUT2D eigenvalue weighted by Gasteiger charge is 2.08. The molecule has 2 rings (SSSR count). The number of hydrogen-bond acceptors (Lipinski definition) is 8. The zero-order chi connectivity index (χ0) is 19.0. The first-order chi connectivity index (χ1) is 11.8. The third-order valence-electron chi connectivity index (χ3n) is 3.14. The number of ether oxygens (including phenoxy) is 1. The van der Waals surface area contributed by atoms with Gasteiger partial charge in [0.1, 0.15) is 0 Å². The molecule has 0 radical (unpaired) electrons. The number of nitrogen functional groups attached to an aromatic ring is 2. The van der Waals surface area contributed by atoms with E-state index in [1.54, 1.807) is 0 Å². The van der Waals surface area contributed by atoms with Crippen LogP contribution in [0.3, 0.4) is 0 Å². The predicted octanol–water partition coefficient (Wildman–Crippen LogP) is 1.99. The molecule has 10 heteroatoms. The highest BCUT2D eigenvalue weighted by atomic mass is 16.6. The quantitative estimate of drug-likeness (QED) is 0.418. The topological polar surface area (TPSA) is 168 Å². The smallest absolute Gasteiger partial charge is 0.269 e. The number of rotatable bonds is 5. The Balaban J connectivity index is 0.000000251. The molecule has 5 N–H and O–H groups in total. The molecule has 0 unspecified atom stereocenters. The van der Waals surface area contributed by atoms with Crippen molar-refractivity contribution in [3.8, 4) is 0 Å². The van der Waals surface area contributed by atoms with Crippen LogP contribution in [0.2, 0.25) is 0 Å². The zero-order valence-electron chi connectivity index (χ0n) is 13.4. The van der Waals surface area contributed by atoms with Gasteiger partial charge in [0.05, 0.1) is 23.1 Å². The number of anilines is 2. The molecule has 0 atom stereocenters. The van der Waals surface area contributed by atoms with Crippen LogP contribution in [0.15, 0.2) is 36.4 Å². The number of nitro groups is 2. The van der Waals surface area contributed by atoms with Crippen molar-refractivity contribution >= 4 is 22.7 Å². The van der Waals surface area contributed by atoms with Gasteiger partial charge >= 0.3 is 0 Å². The average molecular weight is 350 g/mol. The molecule has 2 aromatic rings. The number of aliphatic hydroxyl groups is 1. The highest BCUT2D eigenvalue weighted by molar-refractivity contribution is 5.53. The molecular weight excluding hydrogens is 332 g/mol. The number of non-ortho nitro benzene ring substituents is 2. The fourth-order valence-electron chi connectivity index (χ4n) is 1.83. The van der Waals surface area contributed by atoms with E-state index in [0.717, 1.165) is 0 Å². The van der Waals surface area contributed by atoms with E-state index >= 15 is 0 Å². The zero-order valence-corrected chi connectivity index (χ0v) is 13.4. The minimum atomic E-state index is -0.529. The summed E-state index contributed by atoms with van der Waals surface area (Å²) >= 11 is 0. The van der Waals surface area contributed by atoms with Crippen LogP contribution in [-0.4, -0.2) is 22.1 Å². The third-order valence-corrected chi connectivity index (χ3v) is 3.14. The summed E-state index contributed by atoms with van der Waals surface area (Å²) in [7, 11) is 1.51. The molecule has 0 bridgehead atoms. The van der Waals surface area contributed by atoms with Gasteiger partial charge in [0.2, 0.25) is 0 Å². The van der Waals surface area contributed by atoms with Crippen LogP contribution < -0.4 is 11.5 Å². The van der Waals surface area contributed by atoms with Gasteiger partial charge < -0.3 is 21.3 Å². The van der Waals surface area contributed by atoms with Crippen LogP contribution in [0.25, 0.3) is 0 Å². The Kier molecular flexibility index (Phi) is 7.25. The number of nitrogens with zero attached hydrogens (tertiary/aromatic N) is 2. The molecule has 0 aliphatic heterocycles. The summed E-state index contributed by atoms with van der Waals surface area (Å²) in [5, 5.41) is 29.4. The van der Waals surface area contributed by atoms with Crippen LogP contribution in [0.4, 0.5) is 22.7 Å². The van der Waals surface area contributed by atoms with Gasteiger partial charge in [-0.15, -0.1) is 0 Å². The first kappa shape index (κ1) is 19.8. The summed E-state index contributed by atoms with van der Waals surface area (Å²) in [4.78, 5) is 19.7. The molecule has 0 spiro atoms. The molecule has 0 fully saturated rings. The summed E-state index contributed by atoms with van der Waals surface area (Å²) in [6.07, 6.45) is 0. The molecule has 0 saturated heterocycles. The van der Waals surface area contributed by atoms with Gasteiger partial charge in [-0.3, -0.25) is 20.2 Å². The molecule has 0 heterocycles. The van der Waals surface area contributed by atoms with Crippen molar-refractivity contribution in [1.29, 1.82) is 0 Å². The monoisotopic (exact) mass is 350 g/mol. The van der Waals surface area contributed by atoms with Crippen molar-refractivity contribution in [2.75, 3.05) is 18.6 Å². The van der Waals surface area contributed by atoms with Crippen LogP contribution in [0, 0.1) is 20.2 Å². The van der Waals surface area contributed by atoms with Crippen molar-refractivity contribution in [3.63, 3.8) is 0 Å². The largest absolute Gasteiger partial charge is 0.398 e. The average Bonchev–Trinajstić information content (AvgIpc) is 2.57. The SMILES string of the molecule is COCc1cc([N+](=O)[O-])ccc1N.Nc1ccc([N+](=O)[O-])cc1CO. The van der Waals surface area contributed by atoms with Gasteiger partial charge in [-0.05, 0) is 12.1 Å². The van der Waals surface area contributed by atoms with Crippen molar-refractivity contribution in [2.45, 2.75) is 13.2 Å². The first-order valence-corrected chi connectivity index (χ1v) is 6.95. The van der Waals surface area contributed by atoms with E-state index in [2.05, 4.69) is 0 Å². The second-order valence-corrected chi connectivity index (χ2v) is 4.87. The predicted molar refractivity (Wildman–Crippen MR) is 91.7 cm³/mol. The second-order valence-electron chi connectivity index (χ2n) is 4.87. The molecule has 0 aliphatic carbocycles. The summed E-state index contributed by atoms with van der Waals surface area (Å²) in [5.41, 5.74) is 12.8. The van der Waals surface area contributed by atoms with E-state index in [0.29, 0.717) is 22.5 Å². The second kappa shape index (κ2) is 9.15. The van der Waals surface area contributed by atoms with Crippen LogP contribution in [-0.2, 0) is 18.0 Å². The standard InChI is InChI=1S/C8H10N2O3.C7H8N2O3/c1-13-5-6-4-7(10(11)12)2-3-8(6)9;8-7-2-1-6(9(11)12)3-5(7)4-10/h2-4H,5,9H2,1H3;1-3,10H,4,8H2.